The van der Waals surface area contributed by atoms with Crippen molar-refractivity contribution in [1.82, 2.24) is 14.5 Å². The summed E-state index contributed by atoms with van der Waals surface area (Å²) in [7, 11) is 2.06. The maximum Gasteiger partial charge on any atom is 0.131 e. The average Bonchev–Trinajstić information content (AvgIpc) is 2.99. The Morgan fingerprint density at radius 2 is 2.00 bits per heavy atom. The highest BCUT2D eigenvalue weighted by Gasteiger charge is 2.22. The second-order valence-electron chi connectivity index (χ2n) is 5.99. The summed E-state index contributed by atoms with van der Waals surface area (Å²) in [5, 5.41) is 1.19. The molecular weight excluding hydrogens is 288 g/mol. The van der Waals surface area contributed by atoms with Crippen molar-refractivity contribution in [2.75, 3.05) is 18.0 Å². The van der Waals surface area contributed by atoms with E-state index in [4.69, 9.17) is 4.74 Å². The van der Waals surface area contributed by atoms with Crippen molar-refractivity contribution in [3.63, 3.8) is 0 Å². The first-order valence-electron chi connectivity index (χ1n) is 8.03. The highest BCUT2D eigenvalue weighted by Crippen LogP contribution is 2.29. The van der Waals surface area contributed by atoms with E-state index >= 15 is 0 Å². The minimum absolute atomic E-state index is 0.263. The van der Waals surface area contributed by atoms with Crippen molar-refractivity contribution in [3.8, 4) is 5.75 Å². The smallest absolute Gasteiger partial charge is 0.131 e. The lowest BCUT2D eigenvalue weighted by Gasteiger charge is -2.32. The Balaban J connectivity index is 1.45. The van der Waals surface area contributed by atoms with Gasteiger partial charge in [-0.15, -0.1) is 0 Å². The Kier molecular flexibility index (Phi) is 3.61. The van der Waals surface area contributed by atoms with Crippen molar-refractivity contribution < 1.29 is 4.74 Å². The standard InChI is InChI=1S/C18H20N4O/c1-21-10-8-15-16(21)3-2-4-17(15)23-14-6-11-22(12-7-14)18-5-9-19-13-20-18/h2-5,8-10,13-14H,6-7,11-12H2,1H3. The van der Waals surface area contributed by atoms with Gasteiger partial charge in [-0.2, -0.15) is 0 Å². The summed E-state index contributed by atoms with van der Waals surface area (Å²) in [6.07, 6.45) is 7.75. The molecule has 5 heteroatoms. The second kappa shape index (κ2) is 5.91. The predicted octanol–water partition coefficient (Wildman–Crippen LogP) is 3.02. The van der Waals surface area contributed by atoms with Crippen LogP contribution in [0.15, 0.2) is 49.1 Å². The Hall–Kier alpha value is -2.56. The van der Waals surface area contributed by atoms with E-state index in [0.29, 0.717) is 0 Å². The third-order valence-electron chi connectivity index (χ3n) is 4.51. The lowest BCUT2D eigenvalue weighted by molar-refractivity contribution is 0.173. The highest BCUT2D eigenvalue weighted by molar-refractivity contribution is 5.86. The fourth-order valence-electron chi connectivity index (χ4n) is 3.23. The molecule has 1 aromatic carbocycles. The molecule has 3 heterocycles. The van der Waals surface area contributed by atoms with Gasteiger partial charge in [0.15, 0.2) is 0 Å². The molecule has 3 aromatic rings. The second-order valence-corrected chi connectivity index (χ2v) is 5.99. The van der Waals surface area contributed by atoms with E-state index < -0.39 is 0 Å². The van der Waals surface area contributed by atoms with Gasteiger partial charge < -0.3 is 14.2 Å². The number of ether oxygens (including phenoxy) is 1. The Bertz CT molecular complexity index is 791. The minimum atomic E-state index is 0.263. The number of hydrogen-bond donors (Lipinski definition) is 0. The van der Waals surface area contributed by atoms with Crippen molar-refractivity contribution in [2.45, 2.75) is 18.9 Å². The number of fused-ring (bicyclic) bond motifs is 1. The summed E-state index contributed by atoms with van der Waals surface area (Å²) in [6, 6.07) is 10.3. The summed E-state index contributed by atoms with van der Waals surface area (Å²) in [4.78, 5) is 10.6. The number of rotatable bonds is 3. The maximum absolute atomic E-state index is 6.29. The lowest BCUT2D eigenvalue weighted by Crippen LogP contribution is -2.38. The number of benzene rings is 1. The van der Waals surface area contributed by atoms with Crippen molar-refractivity contribution in [1.29, 1.82) is 0 Å². The average molecular weight is 308 g/mol. The molecule has 0 spiro atoms. The SMILES string of the molecule is Cn1ccc2c(OC3CCN(c4ccncn4)CC3)cccc21. The first kappa shape index (κ1) is 14.1. The molecule has 0 saturated carbocycles. The van der Waals surface area contributed by atoms with Crippen LogP contribution in [0.1, 0.15) is 12.8 Å². The van der Waals surface area contributed by atoms with E-state index in [1.165, 1.54) is 10.9 Å². The van der Waals surface area contributed by atoms with Gasteiger partial charge >= 0.3 is 0 Å². The van der Waals surface area contributed by atoms with Gasteiger partial charge in [0.2, 0.25) is 0 Å². The molecule has 0 radical (unpaired) electrons. The van der Waals surface area contributed by atoms with Crippen LogP contribution in [0, 0.1) is 0 Å². The van der Waals surface area contributed by atoms with Crippen molar-refractivity contribution in [3.05, 3.63) is 49.1 Å². The molecule has 23 heavy (non-hydrogen) atoms. The van der Waals surface area contributed by atoms with Gasteiger partial charge in [0.1, 0.15) is 24.0 Å². The first-order valence-corrected chi connectivity index (χ1v) is 8.03. The summed E-state index contributed by atoms with van der Waals surface area (Å²) >= 11 is 0. The number of piperidine rings is 1. The van der Waals surface area contributed by atoms with Gasteiger partial charge in [-0.1, -0.05) is 6.07 Å². The molecule has 5 nitrogen and oxygen atoms in total. The number of hydrogen-bond acceptors (Lipinski definition) is 4. The fraction of sp³-hybridized carbons (Fsp3) is 0.333. The molecule has 118 valence electrons. The number of aromatic nitrogens is 3. The van der Waals surface area contributed by atoms with E-state index in [1.54, 1.807) is 12.5 Å². The summed E-state index contributed by atoms with van der Waals surface area (Å²) in [5.41, 5.74) is 1.21. The van der Waals surface area contributed by atoms with Crippen LogP contribution in [0.4, 0.5) is 5.82 Å². The zero-order valence-electron chi connectivity index (χ0n) is 13.2. The third-order valence-corrected chi connectivity index (χ3v) is 4.51. The van der Waals surface area contributed by atoms with Gasteiger partial charge in [0.25, 0.3) is 0 Å². The molecule has 0 amide bonds. The number of anilines is 1. The van der Waals surface area contributed by atoms with E-state index in [9.17, 15) is 0 Å². The van der Waals surface area contributed by atoms with Gasteiger partial charge in [0.05, 0.1) is 5.52 Å². The quantitative estimate of drug-likeness (QED) is 0.746. The van der Waals surface area contributed by atoms with Crippen LogP contribution >= 0.6 is 0 Å². The normalized spacial score (nSPS) is 16.0. The molecular formula is C18H20N4O. The van der Waals surface area contributed by atoms with Gasteiger partial charge in [0, 0.05) is 50.8 Å². The molecule has 0 bridgehead atoms. The predicted molar refractivity (Wildman–Crippen MR) is 90.8 cm³/mol. The number of nitrogens with zero attached hydrogens (tertiary/aromatic N) is 4. The first-order chi connectivity index (χ1) is 11.3. The summed E-state index contributed by atoms with van der Waals surface area (Å²) in [5.74, 6) is 1.99. The van der Waals surface area contributed by atoms with Crippen LogP contribution in [0.5, 0.6) is 5.75 Å². The van der Waals surface area contributed by atoms with E-state index in [1.807, 2.05) is 6.07 Å². The maximum atomic E-state index is 6.29. The minimum Gasteiger partial charge on any atom is -0.490 e. The van der Waals surface area contributed by atoms with Crippen LogP contribution in [-0.2, 0) is 7.05 Å². The molecule has 2 aromatic heterocycles. The molecule has 0 unspecified atom stereocenters. The molecule has 0 N–H and O–H groups in total. The van der Waals surface area contributed by atoms with Crippen LogP contribution in [0.25, 0.3) is 10.9 Å². The van der Waals surface area contributed by atoms with E-state index in [2.05, 4.69) is 56.9 Å². The molecule has 1 fully saturated rings. The molecule has 1 saturated heterocycles. The van der Waals surface area contributed by atoms with Crippen LogP contribution < -0.4 is 9.64 Å². The zero-order valence-corrected chi connectivity index (χ0v) is 13.2. The molecule has 1 aliphatic rings. The van der Waals surface area contributed by atoms with E-state index in [-0.39, 0.29) is 6.10 Å². The van der Waals surface area contributed by atoms with Crippen LogP contribution in [-0.4, -0.2) is 33.7 Å². The number of aryl methyl sites for hydroxylation is 1. The Labute approximate surface area is 135 Å². The van der Waals surface area contributed by atoms with Gasteiger partial charge in [-0.25, -0.2) is 9.97 Å². The topological polar surface area (TPSA) is 43.2 Å². The fourth-order valence-corrected chi connectivity index (χ4v) is 3.23. The van der Waals surface area contributed by atoms with Crippen LogP contribution in [0.2, 0.25) is 0 Å². The summed E-state index contributed by atoms with van der Waals surface area (Å²) < 4.78 is 8.42. The summed E-state index contributed by atoms with van der Waals surface area (Å²) in [6.45, 7) is 1.93. The molecule has 1 aliphatic heterocycles. The van der Waals surface area contributed by atoms with Crippen molar-refractivity contribution in [2.24, 2.45) is 7.05 Å². The van der Waals surface area contributed by atoms with E-state index in [0.717, 1.165) is 37.5 Å². The largest absolute Gasteiger partial charge is 0.490 e. The zero-order chi connectivity index (χ0) is 15.6. The Morgan fingerprint density at radius 1 is 1.13 bits per heavy atom. The third kappa shape index (κ3) is 2.74. The monoisotopic (exact) mass is 308 g/mol. The van der Waals surface area contributed by atoms with Gasteiger partial charge in [-0.05, 0) is 24.3 Å². The van der Waals surface area contributed by atoms with Gasteiger partial charge in [-0.3, -0.25) is 0 Å². The highest BCUT2D eigenvalue weighted by atomic mass is 16.5. The lowest BCUT2D eigenvalue weighted by atomic mass is 10.1. The molecule has 4 rings (SSSR count). The Morgan fingerprint density at radius 3 is 2.78 bits per heavy atom. The molecule has 0 atom stereocenters. The molecule has 0 aliphatic carbocycles. The van der Waals surface area contributed by atoms with Crippen LogP contribution in [0.3, 0.4) is 0 Å². The van der Waals surface area contributed by atoms with Crippen molar-refractivity contribution >= 4 is 16.7 Å².